The Morgan fingerprint density at radius 3 is 2.87 bits per heavy atom. The van der Waals surface area contributed by atoms with Gasteiger partial charge in [-0.3, -0.25) is 4.79 Å². The van der Waals surface area contributed by atoms with E-state index >= 15 is 0 Å². The Bertz CT molecular complexity index is 339. The van der Waals surface area contributed by atoms with E-state index in [4.69, 9.17) is 5.11 Å². The van der Waals surface area contributed by atoms with Crippen molar-refractivity contribution in [2.24, 2.45) is 0 Å². The second kappa shape index (κ2) is 5.41. The largest absolute Gasteiger partial charge is 0.395 e. The van der Waals surface area contributed by atoms with E-state index in [1.165, 1.54) is 6.33 Å². The van der Waals surface area contributed by atoms with E-state index in [1.54, 1.807) is 6.07 Å². The summed E-state index contributed by atoms with van der Waals surface area (Å²) in [4.78, 5) is 19.4. The number of carbonyl (C=O) groups excluding carboxylic acids is 1. The first kappa shape index (κ1) is 11.6. The third kappa shape index (κ3) is 3.28. The lowest BCUT2D eigenvalue weighted by atomic mass is 10.1. The Labute approximate surface area is 88.6 Å². The number of rotatable bonds is 4. The van der Waals surface area contributed by atoms with Crippen LogP contribution in [-0.4, -0.2) is 34.1 Å². The Morgan fingerprint density at radius 2 is 2.27 bits per heavy atom. The minimum absolute atomic E-state index is 0.0755. The standard InChI is InChI=1S/C10H15N3O2/c1-7(2)8-5-9(13-6-12-8)10(15)11-3-4-14/h5-7,14H,3-4H2,1-2H3,(H,11,15). The molecule has 5 heteroatoms. The first-order valence-corrected chi connectivity index (χ1v) is 4.86. The maximum absolute atomic E-state index is 11.5. The van der Waals surface area contributed by atoms with Crippen molar-refractivity contribution in [3.05, 3.63) is 23.8 Å². The first-order chi connectivity index (χ1) is 7.15. The molecule has 1 rings (SSSR count). The van der Waals surface area contributed by atoms with Crippen LogP contribution in [0.15, 0.2) is 12.4 Å². The van der Waals surface area contributed by atoms with Crippen LogP contribution < -0.4 is 5.32 Å². The number of carbonyl (C=O) groups is 1. The summed E-state index contributed by atoms with van der Waals surface area (Å²) in [7, 11) is 0. The van der Waals surface area contributed by atoms with E-state index in [0.717, 1.165) is 5.69 Å². The minimum atomic E-state index is -0.284. The highest BCUT2D eigenvalue weighted by Gasteiger charge is 2.09. The van der Waals surface area contributed by atoms with E-state index in [1.807, 2.05) is 13.8 Å². The number of hydrogen-bond donors (Lipinski definition) is 2. The van der Waals surface area contributed by atoms with Crippen LogP contribution in [0.2, 0.25) is 0 Å². The Morgan fingerprint density at radius 1 is 1.53 bits per heavy atom. The van der Waals surface area contributed by atoms with Gasteiger partial charge in [-0.2, -0.15) is 0 Å². The fourth-order valence-corrected chi connectivity index (χ4v) is 1.07. The molecule has 5 nitrogen and oxygen atoms in total. The molecular weight excluding hydrogens is 194 g/mol. The van der Waals surface area contributed by atoms with Crippen LogP contribution in [0.25, 0.3) is 0 Å². The SMILES string of the molecule is CC(C)c1cc(C(=O)NCCO)ncn1. The molecule has 2 N–H and O–H groups in total. The topological polar surface area (TPSA) is 75.1 Å². The quantitative estimate of drug-likeness (QED) is 0.749. The zero-order valence-electron chi connectivity index (χ0n) is 8.90. The molecule has 1 heterocycles. The Kier molecular flexibility index (Phi) is 4.17. The van der Waals surface area contributed by atoms with Crippen LogP contribution in [0.1, 0.15) is 35.9 Å². The average molecular weight is 209 g/mol. The van der Waals surface area contributed by atoms with Gasteiger partial charge in [0.1, 0.15) is 12.0 Å². The molecule has 1 amide bonds. The summed E-state index contributed by atoms with van der Waals surface area (Å²) in [5, 5.41) is 11.1. The smallest absolute Gasteiger partial charge is 0.270 e. The van der Waals surface area contributed by atoms with Crippen molar-refractivity contribution in [3.8, 4) is 0 Å². The zero-order valence-corrected chi connectivity index (χ0v) is 8.90. The molecule has 0 unspecified atom stereocenters. The predicted octanol–water partition coefficient (Wildman–Crippen LogP) is 0.322. The number of nitrogens with one attached hydrogen (secondary N) is 1. The summed E-state index contributed by atoms with van der Waals surface area (Å²) in [5.74, 6) is -0.0225. The highest BCUT2D eigenvalue weighted by Crippen LogP contribution is 2.10. The van der Waals surface area contributed by atoms with Gasteiger partial charge in [-0.25, -0.2) is 9.97 Å². The lowest BCUT2D eigenvalue weighted by Gasteiger charge is -2.06. The Hall–Kier alpha value is -1.49. The van der Waals surface area contributed by atoms with Gasteiger partial charge >= 0.3 is 0 Å². The van der Waals surface area contributed by atoms with Crippen molar-refractivity contribution in [2.45, 2.75) is 19.8 Å². The molecule has 0 spiro atoms. The van der Waals surface area contributed by atoms with Crippen molar-refractivity contribution in [2.75, 3.05) is 13.2 Å². The molecule has 0 saturated carbocycles. The highest BCUT2D eigenvalue weighted by molar-refractivity contribution is 5.92. The van der Waals surface area contributed by atoms with Gasteiger partial charge in [0.2, 0.25) is 0 Å². The van der Waals surface area contributed by atoms with Gasteiger partial charge in [-0.05, 0) is 12.0 Å². The second-order valence-electron chi connectivity index (χ2n) is 3.46. The summed E-state index contributed by atoms with van der Waals surface area (Å²) in [6, 6.07) is 1.66. The van der Waals surface area contributed by atoms with Crippen molar-refractivity contribution in [1.82, 2.24) is 15.3 Å². The van der Waals surface area contributed by atoms with Crippen LogP contribution in [0, 0.1) is 0 Å². The lowest BCUT2D eigenvalue weighted by molar-refractivity contribution is 0.0939. The van der Waals surface area contributed by atoms with Gasteiger partial charge in [-0.15, -0.1) is 0 Å². The second-order valence-corrected chi connectivity index (χ2v) is 3.46. The normalized spacial score (nSPS) is 10.4. The molecule has 0 aliphatic rings. The number of aliphatic hydroxyl groups excluding tert-OH is 1. The van der Waals surface area contributed by atoms with Crippen molar-refractivity contribution >= 4 is 5.91 Å². The molecule has 0 fully saturated rings. The van der Waals surface area contributed by atoms with E-state index < -0.39 is 0 Å². The van der Waals surface area contributed by atoms with Gasteiger partial charge in [0, 0.05) is 12.2 Å². The summed E-state index contributed by atoms with van der Waals surface area (Å²) < 4.78 is 0. The predicted molar refractivity (Wildman–Crippen MR) is 55.5 cm³/mol. The van der Waals surface area contributed by atoms with E-state index in [2.05, 4.69) is 15.3 Å². The fourth-order valence-electron chi connectivity index (χ4n) is 1.07. The molecule has 82 valence electrons. The highest BCUT2D eigenvalue weighted by atomic mass is 16.3. The monoisotopic (exact) mass is 209 g/mol. The molecule has 1 aromatic heterocycles. The van der Waals surface area contributed by atoms with Crippen LogP contribution in [0.5, 0.6) is 0 Å². The molecule has 0 atom stereocenters. The van der Waals surface area contributed by atoms with Crippen molar-refractivity contribution < 1.29 is 9.90 Å². The molecule has 0 radical (unpaired) electrons. The maximum Gasteiger partial charge on any atom is 0.270 e. The van der Waals surface area contributed by atoms with Crippen LogP contribution >= 0.6 is 0 Å². The van der Waals surface area contributed by atoms with E-state index in [-0.39, 0.29) is 25.0 Å². The number of aromatic nitrogens is 2. The molecular formula is C10H15N3O2. The number of hydrogen-bond acceptors (Lipinski definition) is 4. The van der Waals surface area contributed by atoms with Gasteiger partial charge in [0.05, 0.1) is 6.61 Å². The number of nitrogens with zero attached hydrogens (tertiary/aromatic N) is 2. The minimum Gasteiger partial charge on any atom is -0.395 e. The number of amides is 1. The summed E-state index contributed by atoms with van der Waals surface area (Å²) in [6.07, 6.45) is 1.38. The number of aliphatic hydroxyl groups is 1. The van der Waals surface area contributed by atoms with Gasteiger partial charge < -0.3 is 10.4 Å². The first-order valence-electron chi connectivity index (χ1n) is 4.86. The Balaban J connectivity index is 2.76. The third-order valence-corrected chi connectivity index (χ3v) is 1.91. The van der Waals surface area contributed by atoms with Gasteiger partial charge in [0.15, 0.2) is 0 Å². The molecule has 1 aromatic rings. The van der Waals surface area contributed by atoms with Gasteiger partial charge in [-0.1, -0.05) is 13.8 Å². The lowest BCUT2D eigenvalue weighted by Crippen LogP contribution is -2.27. The van der Waals surface area contributed by atoms with Crippen LogP contribution in [0.4, 0.5) is 0 Å². The third-order valence-electron chi connectivity index (χ3n) is 1.91. The maximum atomic E-state index is 11.5. The average Bonchev–Trinajstić information content (AvgIpc) is 2.26. The molecule has 0 aliphatic carbocycles. The van der Waals surface area contributed by atoms with Crippen molar-refractivity contribution in [3.63, 3.8) is 0 Å². The van der Waals surface area contributed by atoms with E-state index in [0.29, 0.717) is 5.69 Å². The van der Waals surface area contributed by atoms with Gasteiger partial charge in [0.25, 0.3) is 5.91 Å². The summed E-state index contributed by atoms with van der Waals surface area (Å²) in [6.45, 7) is 4.16. The van der Waals surface area contributed by atoms with Crippen LogP contribution in [0.3, 0.4) is 0 Å². The summed E-state index contributed by atoms with van der Waals surface area (Å²) in [5.41, 5.74) is 1.17. The molecule has 0 bridgehead atoms. The molecule has 0 saturated heterocycles. The van der Waals surface area contributed by atoms with E-state index in [9.17, 15) is 4.79 Å². The molecule has 0 aliphatic heterocycles. The van der Waals surface area contributed by atoms with Crippen molar-refractivity contribution in [1.29, 1.82) is 0 Å². The zero-order chi connectivity index (χ0) is 11.3. The van der Waals surface area contributed by atoms with Crippen LogP contribution in [-0.2, 0) is 0 Å². The molecule has 0 aromatic carbocycles. The fraction of sp³-hybridized carbons (Fsp3) is 0.500. The summed E-state index contributed by atoms with van der Waals surface area (Å²) >= 11 is 0. The molecule has 15 heavy (non-hydrogen) atoms.